The molecule has 0 spiro atoms. The van der Waals surface area contributed by atoms with Crippen LogP contribution >= 0.6 is 0 Å². The van der Waals surface area contributed by atoms with E-state index < -0.39 is 17.4 Å². The van der Waals surface area contributed by atoms with Crippen molar-refractivity contribution in [3.8, 4) is 0 Å². The minimum atomic E-state index is -1.14. The van der Waals surface area contributed by atoms with E-state index in [0.29, 0.717) is 24.2 Å². The Labute approximate surface area is 229 Å². The first-order valence-electron chi connectivity index (χ1n) is 13.4. The van der Waals surface area contributed by atoms with Gasteiger partial charge in [0.05, 0.1) is 23.3 Å². The van der Waals surface area contributed by atoms with Gasteiger partial charge in [-0.15, -0.1) is 0 Å². The molecular formula is C31H34N4O4. The standard InChI is InChI=1S/C31H34N4O4/c1-32-19-17-31(18-20-32,24-11-5-2-6-12-24)29(38)34-22-21-33(23-27(34)28(36)37)30(39)35(25-13-7-3-8-14-25)26-15-9-4-10-16-26/h2-16,27H,17-23H2,1H3,(H,36,37)/t27-/m0/s1. The van der Waals surface area contributed by atoms with E-state index in [-0.39, 0.29) is 31.6 Å². The second-order valence-corrected chi connectivity index (χ2v) is 10.3. The summed E-state index contributed by atoms with van der Waals surface area (Å²) in [5.41, 5.74) is 1.51. The average molecular weight is 527 g/mol. The van der Waals surface area contributed by atoms with E-state index in [9.17, 15) is 19.5 Å². The van der Waals surface area contributed by atoms with Crippen molar-refractivity contribution in [1.29, 1.82) is 0 Å². The summed E-state index contributed by atoms with van der Waals surface area (Å²) in [5.74, 6) is -1.27. The van der Waals surface area contributed by atoms with Crippen LogP contribution in [0.5, 0.6) is 0 Å². The van der Waals surface area contributed by atoms with Gasteiger partial charge in [0.1, 0.15) is 6.04 Å². The van der Waals surface area contributed by atoms with E-state index in [2.05, 4.69) is 4.90 Å². The van der Waals surface area contributed by atoms with Crippen molar-refractivity contribution in [3.05, 3.63) is 96.6 Å². The van der Waals surface area contributed by atoms with Crippen molar-refractivity contribution in [2.45, 2.75) is 24.3 Å². The topological polar surface area (TPSA) is 84.4 Å². The highest BCUT2D eigenvalue weighted by Crippen LogP contribution is 2.38. The van der Waals surface area contributed by atoms with Crippen LogP contribution in [0.1, 0.15) is 18.4 Å². The molecule has 0 bridgehead atoms. The summed E-state index contributed by atoms with van der Waals surface area (Å²) in [6.07, 6.45) is 1.24. The van der Waals surface area contributed by atoms with Gasteiger partial charge in [-0.1, -0.05) is 66.7 Å². The number of aliphatic carboxylic acids is 1. The normalized spacial score (nSPS) is 19.4. The second kappa shape index (κ2) is 11.3. The third kappa shape index (κ3) is 5.25. The number of rotatable bonds is 5. The molecule has 1 N–H and O–H groups in total. The Morgan fingerprint density at radius 1 is 0.769 bits per heavy atom. The first-order chi connectivity index (χ1) is 18.9. The number of piperazine rings is 1. The van der Waals surface area contributed by atoms with Gasteiger partial charge in [-0.2, -0.15) is 0 Å². The number of carboxylic acids is 1. The Hall–Kier alpha value is -4.17. The number of anilines is 2. The number of carbonyl (C=O) groups excluding carboxylic acids is 2. The van der Waals surface area contributed by atoms with Crippen LogP contribution in [0.25, 0.3) is 0 Å². The summed E-state index contributed by atoms with van der Waals surface area (Å²) >= 11 is 0. The van der Waals surface area contributed by atoms with Crippen LogP contribution in [0.4, 0.5) is 16.2 Å². The Morgan fingerprint density at radius 2 is 1.28 bits per heavy atom. The van der Waals surface area contributed by atoms with Gasteiger partial charge in [-0.05, 0) is 62.8 Å². The number of para-hydroxylation sites is 2. The molecule has 2 fully saturated rings. The molecular weight excluding hydrogens is 492 g/mol. The largest absolute Gasteiger partial charge is 0.480 e. The molecule has 2 aliphatic heterocycles. The third-order valence-electron chi connectivity index (χ3n) is 7.99. The minimum absolute atomic E-state index is 0.0825. The number of urea groups is 1. The van der Waals surface area contributed by atoms with Gasteiger partial charge in [0.2, 0.25) is 5.91 Å². The SMILES string of the molecule is CN1CCC(C(=O)N2CCN(C(=O)N(c3ccccc3)c3ccccc3)C[C@H]2C(=O)O)(c2ccccc2)CC1. The fourth-order valence-corrected chi connectivity index (χ4v) is 5.73. The monoisotopic (exact) mass is 526 g/mol. The number of benzene rings is 3. The number of nitrogens with zero attached hydrogens (tertiary/aromatic N) is 4. The maximum absolute atomic E-state index is 14.3. The van der Waals surface area contributed by atoms with E-state index in [1.54, 1.807) is 9.80 Å². The third-order valence-corrected chi connectivity index (χ3v) is 7.99. The van der Waals surface area contributed by atoms with Crippen molar-refractivity contribution in [3.63, 3.8) is 0 Å². The van der Waals surface area contributed by atoms with Crippen LogP contribution in [0.15, 0.2) is 91.0 Å². The Kier molecular flexibility index (Phi) is 7.65. The molecule has 39 heavy (non-hydrogen) atoms. The highest BCUT2D eigenvalue weighted by Gasteiger charge is 2.49. The van der Waals surface area contributed by atoms with Crippen LogP contribution in [-0.4, -0.2) is 83.5 Å². The smallest absolute Gasteiger partial charge is 0.329 e. The van der Waals surface area contributed by atoms with Crippen molar-refractivity contribution in [2.24, 2.45) is 0 Å². The summed E-state index contributed by atoms with van der Waals surface area (Å²) in [6.45, 7) is 1.82. The number of carbonyl (C=O) groups is 3. The first kappa shape index (κ1) is 26.4. The summed E-state index contributed by atoms with van der Waals surface area (Å²) in [6, 6.07) is 26.9. The van der Waals surface area contributed by atoms with Crippen LogP contribution < -0.4 is 4.90 Å². The summed E-state index contributed by atoms with van der Waals surface area (Å²) in [7, 11) is 2.04. The number of hydrogen-bond acceptors (Lipinski definition) is 4. The molecule has 0 saturated carbocycles. The number of carboxylic acid groups (broad SMARTS) is 1. The van der Waals surface area contributed by atoms with Crippen LogP contribution in [0.3, 0.4) is 0 Å². The zero-order valence-corrected chi connectivity index (χ0v) is 22.1. The number of piperidine rings is 1. The van der Waals surface area contributed by atoms with Crippen molar-refractivity contribution in [2.75, 3.05) is 44.7 Å². The highest BCUT2D eigenvalue weighted by atomic mass is 16.4. The highest BCUT2D eigenvalue weighted by molar-refractivity contribution is 6.00. The molecule has 5 rings (SSSR count). The van der Waals surface area contributed by atoms with Crippen LogP contribution in [0, 0.1) is 0 Å². The lowest BCUT2D eigenvalue weighted by molar-refractivity contribution is -0.156. The Bertz CT molecular complexity index is 1250. The maximum atomic E-state index is 14.3. The molecule has 2 saturated heterocycles. The van der Waals surface area contributed by atoms with Gasteiger partial charge < -0.3 is 19.8 Å². The quantitative estimate of drug-likeness (QED) is 0.539. The molecule has 8 nitrogen and oxygen atoms in total. The van der Waals surface area contributed by atoms with Gasteiger partial charge in [0, 0.05) is 13.1 Å². The van der Waals surface area contributed by atoms with Crippen molar-refractivity contribution in [1.82, 2.24) is 14.7 Å². The molecule has 3 amide bonds. The van der Waals surface area contributed by atoms with E-state index in [1.807, 2.05) is 98.0 Å². The van der Waals surface area contributed by atoms with E-state index in [0.717, 1.165) is 18.7 Å². The molecule has 0 radical (unpaired) electrons. The van der Waals surface area contributed by atoms with Crippen LogP contribution in [-0.2, 0) is 15.0 Å². The average Bonchev–Trinajstić information content (AvgIpc) is 2.98. The molecule has 8 heteroatoms. The van der Waals surface area contributed by atoms with Crippen LogP contribution in [0.2, 0.25) is 0 Å². The lowest BCUT2D eigenvalue weighted by Crippen LogP contribution is -2.64. The minimum Gasteiger partial charge on any atom is -0.480 e. The lowest BCUT2D eigenvalue weighted by atomic mass is 9.71. The van der Waals surface area contributed by atoms with Gasteiger partial charge in [-0.3, -0.25) is 9.69 Å². The second-order valence-electron chi connectivity index (χ2n) is 10.3. The van der Waals surface area contributed by atoms with E-state index in [1.165, 1.54) is 4.90 Å². The maximum Gasteiger partial charge on any atom is 0.329 e. The number of likely N-dealkylation sites (tertiary alicyclic amines) is 1. The Balaban J connectivity index is 1.43. The summed E-state index contributed by atoms with van der Waals surface area (Å²) in [4.78, 5) is 47.6. The molecule has 3 aromatic rings. The van der Waals surface area contributed by atoms with Gasteiger partial charge in [0.25, 0.3) is 0 Å². The van der Waals surface area contributed by atoms with Crippen molar-refractivity contribution < 1.29 is 19.5 Å². The van der Waals surface area contributed by atoms with Gasteiger partial charge in [0.15, 0.2) is 0 Å². The lowest BCUT2D eigenvalue weighted by Gasteiger charge is -2.47. The zero-order chi connectivity index (χ0) is 27.4. The van der Waals surface area contributed by atoms with Gasteiger partial charge in [-0.25, -0.2) is 9.59 Å². The van der Waals surface area contributed by atoms with E-state index in [4.69, 9.17) is 0 Å². The zero-order valence-electron chi connectivity index (χ0n) is 22.1. The predicted molar refractivity (Wildman–Crippen MR) is 150 cm³/mol. The molecule has 1 atom stereocenters. The first-order valence-corrected chi connectivity index (χ1v) is 13.4. The number of hydrogen-bond donors (Lipinski definition) is 1. The summed E-state index contributed by atoms with van der Waals surface area (Å²) in [5, 5.41) is 10.3. The summed E-state index contributed by atoms with van der Waals surface area (Å²) < 4.78 is 0. The van der Waals surface area contributed by atoms with Crippen molar-refractivity contribution >= 4 is 29.3 Å². The Morgan fingerprint density at radius 3 is 1.79 bits per heavy atom. The predicted octanol–water partition coefficient (Wildman–Crippen LogP) is 4.21. The molecule has 3 aromatic carbocycles. The molecule has 2 heterocycles. The van der Waals surface area contributed by atoms with Gasteiger partial charge >= 0.3 is 12.0 Å². The molecule has 202 valence electrons. The number of amides is 3. The molecule has 0 aliphatic carbocycles. The molecule has 0 aromatic heterocycles. The fraction of sp³-hybridized carbons (Fsp3) is 0.323. The van der Waals surface area contributed by atoms with E-state index >= 15 is 0 Å². The molecule has 2 aliphatic rings. The fourth-order valence-electron chi connectivity index (χ4n) is 5.73. The molecule has 0 unspecified atom stereocenters.